The number of carbonyl (C=O) groups excluding carboxylic acids is 2. The molecule has 4 saturated carbocycles. The van der Waals surface area contributed by atoms with Crippen LogP contribution in [0.4, 0.5) is 21.7 Å². The molecule has 6 aliphatic rings. The number of hydrogen-bond donors (Lipinski definition) is 2. The number of ether oxygens (including phenoxy) is 1. The lowest BCUT2D eigenvalue weighted by Crippen LogP contribution is -2.57. The average molecular weight is 749 g/mol. The summed E-state index contributed by atoms with van der Waals surface area (Å²) in [5.74, 6) is 2.49. The van der Waals surface area contributed by atoms with Gasteiger partial charge in [-0.1, -0.05) is 0 Å². The number of methoxy groups -OCH3 is 1. The quantitative estimate of drug-likeness (QED) is 0.235. The molecule has 6 fully saturated rings. The number of nitrogens with one attached hydrogen (secondary N) is 2. The highest BCUT2D eigenvalue weighted by Crippen LogP contribution is 2.61. The number of anilines is 3. The minimum absolute atomic E-state index is 0.0580. The first-order chi connectivity index (χ1) is 26.5. The standard InChI is InChI=1S/C42H49FN8O4/c1-25-12-37(52)51(31-4-6-34(43)32(16-31)40(54)45-29-23-48(2)24-29)39-33(25)22-44-41(47-39)46-35-7-5-30(17-36(35)55-3)49-8-10-50(11-9-49)38(53)21-42-18-26-13-27(19-42)15-28(14-26)20-42/h4-7,12,16-17,22,26-29H,8-11,13-15,18-21,23-24H2,1-3H3,(H,45,54)(H,44,46,47). The Morgan fingerprint density at radius 2 is 1.64 bits per heavy atom. The van der Waals surface area contributed by atoms with Gasteiger partial charge >= 0.3 is 0 Å². The summed E-state index contributed by atoms with van der Waals surface area (Å²) in [6.07, 6.45) is 10.3. The van der Waals surface area contributed by atoms with Gasteiger partial charge in [0, 0.05) is 75.1 Å². The molecule has 0 spiro atoms. The summed E-state index contributed by atoms with van der Waals surface area (Å²) in [4.78, 5) is 55.8. The predicted molar refractivity (Wildman–Crippen MR) is 209 cm³/mol. The van der Waals surface area contributed by atoms with Crippen LogP contribution in [0.25, 0.3) is 16.7 Å². The van der Waals surface area contributed by atoms with E-state index >= 15 is 0 Å². The fourth-order valence-electron chi connectivity index (χ4n) is 10.7. The highest BCUT2D eigenvalue weighted by atomic mass is 19.1. The number of likely N-dealkylation sites (N-methyl/N-ethyl adjacent to an activating group) is 1. The second-order valence-corrected chi connectivity index (χ2v) is 17.0. The van der Waals surface area contributed by atoms with E-state index < -0.39 is 11.7 Å². The molecule has 10 rings (SSSR count). The van der Waals surface area contributed by atoms with E-state index in [4.69, 9.17) is 9.72 Å². The summed E-state index contributed by atoms with van der Waals surface area (Å²) >= 11 is 0. The van der Waals surface area contributed by atoms with Gasteiger partial charge in [0.15, 0.2) is 5.65 Å². The third-order valence-corrected chi connectivity index (χ3v) is 12.9. The monoisotopic (exact) mass is 748 g/mol. The Morgan fingerprint density at radius 1 is 0.945 bits per heavy atom. The van der Waals surface area contributed by atoms with Gasteiger partial charge in [-0.15, -0.1) is 0 Å². The summed E-state index contributed by atoms with van der Waals surface area (Å²) in [6.45, 7) is 6.10. The molecule has 4 aliphatic carbocycles. The molecule has 4 heterocycles. The third kappa shape index (κ3) is 6.81. The van der Waals surface area contributed by atoms with Gasteiger partial charge in [-0.3, -0.25) is 19.0 Å². The van der Waals surface area contributed by atoms with Gasteiger partial charge in [-0.2, -0.15) is 4.98 Å². The molecule has 0 radical (unpaired) electrons. The molecule has 2 N–H and O–H groups in total. The van der Waals surface area contributed by atoms with Crippen LogP contribution in [0.2, 0.25) is 0 Å². The minimum atomic E-state index is -0.672. The summed E-state index contributed by atoms with van der Waals surface area (Å²) in [5.41, 5.74) is 2.69. The Balaban J connectivity index is 0.905. The Bertz CT molecular complexity index is 2190. The van der Waals surface area contributed by atoms with Crippen LogP contribution >= 0.6 is 0 Å². The summed E-state index contributed by atoms with van der Waals surface area (Å²) < 4.78 is 22.1. The van der Waals surface area contributed by atoms with Crippen LogP contribution in [-0.4, -0.2) is 95.6 Å². The van der Waals surface area contributed by atoms with Gasteiger partial charge < -0.3 is 30.1 Å². The smallest absolute Gasteiger partial charge is 0.257 e. The lowest BCUT2D eigenvalue weighted by atomic mass is 9.49. The van der Waals surface area contributed by atoms with Crippen LogP contribution in [0.15, 0.2) is 53.5 Å². The molecule has 2 aliphatic heterocycles. The lowest BCUT2D eigenvalue weighted by Gasteiger charge is -2.57. The first-order valence-corrected chi connectivity index (χ1v) is 19.7. The zero-order chi connectivity index (χ0) is 38.0. The average Bonchev–Trinajstić information content (AvgIpc) is 3.14. The molecule has 4 bridgehead atoms. The van der Waals surface area contributed by atoms with E-state index in [9.17, 15) is 18.8 Å². The van der Waals surface area contributed by atoms with Crippen molar-refractivity contribution in [1.29, 1.82) is 0 Å². The number of aryl methyl sites for hydroxylation is 1. The number of halogens is 1. The van der Waals surface area contributed by atoms with Crippen molar-refractivity contribution >= 4 is 40.2 Å². The molecule has 2 amide bonds. The highest BCUT2D eigenvalue weighted by Gasteiger charge is 2.51. The second-order valence-electron chi connectivity index (χ2n) is 17.0. The normalized spacial score (nSPS) is 24.9. The molecule has 0 unspecified atom stereocenters. The molecule has 12 nitrogen and oxygen atoms in total. The highest BCUT2D eigenvalue weighted by molar-refractivity contribution is 5.95. The maximum atomic E-state index is 14.9. The number of pyridine rings is 1. The van der Waals surface area contributed by atoms with Crippen LogP contribution in [-0.2, 0) is 4.79 Å². The zero-order valence-electron chi connectivity index (χ0n) is 31.8. The van der Waals surface area contributed by atoms with Gasteiger partial charge in [-0.05, 0) is 112 Å². The fraction of sp³-hybridized carbons (Fsp3) is 0.500. The predicted octanol–water partition coefficient (Wildman–Crippen LogP) is 5.28. The number of benzene rings is 2. The number of rotatable bonds is 9. The molecule has 2 saturated heterocycles. The van der Waals surface area contributed by atoms with Crippen molar-refractivity contribution in [3.8, 4) is 11.4 Å². The first-order valence-electron chi connectivity index (χ1n) is 19.7. The van der Waals surface area contributed by atoms with Gasteiger partial charge in [0.05, 0.1) is 30.1 Å². The van der Waals surface area contributed by atoms with Crippen LogP contribution in [0.1, 0.15) is 60.9 Å². The molecular weight excluding hydrogens is 700 g/mol. The first kappa shape index (κ1) is 35.6. The van der Waals surface area contributed by atoms with Gasteiger partial charge in [-0.25, -0.2) is 9.37 Å². The number of likely N-dealkylation sites (tertiary alicyclic amines) is 1. The Hall–Kier alpha value is -5.04. The van der Waals surface area contributed by atoms with E-state index in [1.807, 2.05) is 32.2 Å². The van der Waals surface area contributed by atoms with Crippen LogP contribution in [0, 0.1) is 35.9 Å². The second kappa shape index (κ2) is 13.9. The van der Waals surface area contributed by atoms with Crippen molar-refractivity contribution in [3.05, 3.63) is 76.0 Å². The third-order valence-electron chi connectivity index (χ3n) is 12.9. The van der Waals surface area contributed by atoms with Gasteiger partial charge in [0.25, 0.3) is 11.5 Å². The number of carbonyl (C=O) groups is 2. The fourth-order valence-corrected chi connectivity index (χ4v) is 10.7. The van der Waals surface area contributed by atoms with Gasteiger partial charge in [0.1, 0.15) is 11.6 Å². The minimum Gasteiger partial charge on any atom is -0.494 e. The molecule has 55 heavy (non-hydrogen) atoms. The Kier molecular flexibility index (Phi) is 9.02. The maximum Gasteiger partial charge on any atom is 0.257 e. The molecule has 4 aromatic rings. The molecule has 2 aromatic carbocycles. The van der Waals surface area contributed by atoms with Crippen molar-refractivity contribution in [2.24, 2.45) is 23.2 Å². The molecule has 288 valence electrons. The number of nitrogens with zero attached hydrogens (tertiary/aromatic N) is 6. The largest absolute Gasteiger partial charge is 0.494 e. The zero-order valence-corrected chi connectivity index (χ0v) is 31.8. The summed E-state index contributed by atoms with van der Waals surface area (Å²) in [5, 5.41) is 6.77. The molecular formula is C42H49FN8O4. The Labute approximate surface area is 320 Å². The van der Waals surface area contributed by atoms with E-state index in [1.54, 1.807) is 13.3 Å². The summed E-state index contributed by atoms with van der Waals surface area (Å²) in [7, 11) is 3.56. The van der Waals surface area contributed by atoms with Crippen molar-refractivity contribution in [3.63, 3.8) is 0 Å². The lowest BCUT2D eigenvalue weighted by molar-refractivity contribution is -0.139. The van der Waals surface area contributed by atoms with Crippen molar-refractivity contribution < 1.29 is 18.7 Å². The van der Waals surface area contributed by atoms with Crippen LogP contribution in [0.3, 0.4) is 0 Å². The molecule has 13 heteroatoms. The van der Waals surface area contributed by atoms with Crippen molar-refractivity contribution in [2.75, 3.05) is 63.6 Å². The number of fused-ring (bicyclic) bond motifs is 1. The summed E-state index contributed by atoms with van der Waals surface area (Å²) in [6, 6.07) is 11.4. The van der Waals surface area contributed by atoms with E-state index in [2.05, 4.69) is 30.3 Å². The van der Waals surface area contributed by atoms with Gasteiger partial charge in [0.2, 0.25) is 11.9 Å². The molecule has 0 atom stereocenters. The SMILES string of the molecule is COc1cc(N2CCN(C(=O)CC34CC5CC(CC(C5)C3)C4)CC2)ccc1Nc1ncc2c(C)cc(=O)n(-c3ccc(F)c(C(=O)NC4CN(C)C4)c3)c2n1. The topological polar surface area (TPSA) is 125 Å². The molecule has 2 aromatic heterocycles. The van der Waals surface area contributed by atoms with E-state index in [-0.39, 0.29) is 28.5 Å². The van der Waals surface area contributed by atoms with Crippen molar-refractivity contribution in [2.45, 2.75) is 57.9 Å². The number of aromatic nitrogens is 3. The van der Waals surface area contributed by atoms with Crippen LogP contribution < -0.4 is 25.8 Å². The van der Waals surface area contributed by atoms with E-state index in [0.29, 0.717) is 65.8 Å². The maximum absolute atomic E-state index is 14.9. The van der Waals surface area contributed by atoms with E-state index in [0.717, 1.165) is 43.0 Å². The number of piperazine rings is 1. The van der Waals surface area contributed by atoms with Crippen LogP contribution in [0.5, 0.6) is 5.75 Å². The van der Waals surface area contributed by atoms with E-state index in [1.165, 1.54) is 67.4 Å². The van der Waals surface area contributed by atoms with Crippen molar-refractivity contribution in [1.82, 2.24) is 29.7 Å². The Morgan fingerprint density at radius 3 is 2.31 bits per heavy atom. The number of hydrogen-bond acceptors (Lipinski definition) is 9. The number of amides is 2.